The number of nitrogens with one attached hydrogen (secondary N) is 1. The van der Waals surface area contributed by atoms with Crippen molar-refractivity contribution in [1.29, 1.82) is 0 Å². The molecular formula is C20H23NO4. The second-order valence-corrected chi connectivity index (χ2v) is 5.83. The van der Waals surface area contributed by atoms with E-state index in [2.05, 4.69) is 5.32 Å². The standard InChI is InChI=1S/C20H23NO4/c1-14-6-10-17(11-7-14)25-12-4-5-19(22)21-18-13-16(20(23)24-3)9-8-15(18)2/h6-11,13H,4-5,12H2,1-3H3,(H,21,22). The van der Waals surface area contributed by atoms with E-state index in [9.17, 15) is 9.59 Å². The molecule has 2 aromatic rings. The van der Waals surface area contributed by atoms with Crippen LogP contribution in [0.4, 0.5) is 5.69 Å². The van der Waals surface area contributed by atoms with Crippen molar-refractivity contribution in [2.24, 2.45) is 0 Å². The van der Waals surface area contributed by atoms with Gasteiger partial charge < -0.3 is 14.8 Å². The summed E-state index contributed by atoms with van der Waals surface area (Å²) in [5, 5.41) is 2.83. The van der Waals surface area contributed by atoms with Gasteiger partial charge in [-0.25, -0.2) is 4.79 Å². The number of esters is 1. The van der Waals surface area contributed by atoms with Gasteiger partial charge in [-0.2, -0.15) is 0 Å². The predicted molar refractivity (Wildman–Crippen MR) is 97.1 cm³/mol. The van der Waals surface area contributed by atoms with Crippen molar-refractivity contribution in [2.75, 3.05) is 19.0 Å². The van der Waals surface area contributed by atoms with Crippen LogP contribution in [0.25, 0.3) is 0 Å². The van der Waals surface area contributed by atoms with Crippen molar-refractivity contribution < 1.29 is 19.1 Å². The molecule has 0 aromatic heterocycles. The molecule has 0 heterocycles. The number of carbonyl (C=O) groups excluding carboxylic acids is 2. The van der Waals surface area contributed by atoms with Crippen LogP contribution in [0.1, 0.15) is 34.3 Å². The van der Waals surface area contributed by atoms with Crippen LogP contribution in [0.5, 0.6) is 5.75 Å². The van der Waals surface area contributed by atoms with E-state index in [1.165, 1.54) is 12.7 Å². The van der Waals surface area contributed by atoms with Gasteiger partial charge in [0.2, 0.25) is 5.91 Å². The summed E-state index contributed by atoms with van der Waals surface area (Å²) in [5.41, 5.74) is 3.09. The van der Waals surface area contributed by atoms with Crippen molar-refractivity contribution in [3.63, 3.8) is 0 Å². The second kappa shape index (κ2) is 8.87. The number of benzene rings is 2. The fourth-order valence-corrected chi connectivity index (χ4v) is 2.27. The monoisotopic (exact) mass is 341 g/mol. The first-order valence-electron chi connectivity index (χ1n) is 8.18. The highest BCUT2D eigenvalue weighted by Gasteiger charge is 2.10. The summed E-state index contributed by atoms with van der Waals surface area (Å²) in [5.74, 6) is 0.257. The van der Waals surface area contributed by atoms with Crippen LogP contribution >= 0.6 is 0 Å². The molecule has 1 N–H and O–H groups in total. The molecule has 2 aromatic carbocycles. The number of hydrogen-bond donors (Lipinski definition) is 1. The van der Waals surface area contributed by atoms with Gasteiger partial charge in [0.15, 0.2) is 0 Å². The first-order chi connectivity index (χ1) is 12.0. The molecule has 25 heavy (non-hydrogen) atoms. The number of methoxy groups -OCH3 is 1. The van der Waals surface area contributed by atoms with Gasteiger partial charge in [-0.3, -0.25) is 4.79 Å². The lowest BCUT2D eigenvalue weighted by Crippen LogP contribution is -2.14. The molecule has 1 amide bonds. The smallest absolute Gasteiger partial charge is 0.337 e. The van der Waals surface area contributed by atoms with Gasteiger partial charge in [-0.05, 0) is 50.1 Å². The molecule has 2 rings (SSSR count). The first kappa shape index (κ1) is 18.5. The van der Waals surface area contributed by atoms with Crippen LogP contribution in [0.3, 0.4) is 0 Å². The molecule has 0 saturated carbocycles. The molecule has 0 saturated heterocycles. The highest BCUT2D eigenvalue weighted by atomic mass is 16.5. The Balaban J connectivity index is 1.81. The molecule has 0 atom stereocenters. The molecular weight excluding hydrogens is 318 g/mol. The van der Waals surface area contributed by atoms with Gasteiger partial charge in [0.1, 0.15) is 5.75 Å². The lowest BCUT2D eigenvalue weighted by molar-refractivity contribution is -0.116. The SMILES string of the molecule is COC(=O)c1ccc(C)c(NC(=O)CCCOc2ccc(C)cc2)c1. The Hall–Kier alpha value is -2.82. The topological polar surface area (TPSA) is 64.6 Å². The Morgan fingerprint density at radius 1 is 1.04 bits per heavy atom. The number of anilines is 1. The third kappa shape index (κ3) is 5.64. The second-order valence-electron chi connectivity index (χ2n) is 5.83. The summed E-state index contributed by atoms with van der Waals surface area (Å²) < 4.78 is 10.3. The van der Waals surface area contributed by atoms with Gasteiger partial charge in [0.25, 0.3) is 0 Å². The summed E-state index contributed by atoms with van der Waals surface area (Å²) in [6.45, 7) is 4.36. The Morgan fingerprint density at radius 3 is 2.44 bits per heavy atom. The zero-order valence-electron chi connectivity index (χ0n) is 14.8. The minimum atomic E-state index is -0.429. The predicted octanol–water partition coefficient (Wildman–Crippen LogP) is 3.89. The van der Waals surface area contributed by atoms with Crippen molar-refractivity contribution in [3.8, 4) is 5.75 Å². The fraction of sp³-hybridized carbons (Fsp3) is 0.300. The normalized spacial score (nSPS) is 10.2. The fourth-order valence-electron chi connectivity index (χ4n) is 2.27. The van der Waals surface area contributed by atoms with Gasteiger partial charge >= 0.3 is 5.97 Å². The maximum atomic E-state index is 12.1. The number of hydrogen-bond acceptors (Lipinski definition) is 4. The number of carbonyl (C=O) groups is 2. The Bertz CT molecular complexity index is 738. The van der Waals surface area contributed by atoms with Crippen LogP contribution in [-0.2, 0) is 9.53 Å². The van der Waals surface area contributed by atoms with Crippen molar-refractivity contribution >= 4 is 17.6 Å². The Labute approximate surface area is 148 Å². The van der Waals surface area contributed by atoms with E-state index in [4.69, 9.17) is 9.47 Å². The van der Waals surface area contributed by atoms with Crippen LogP contribution in [-0.4, -0.2) is 25.6 Å². The number of rotatable bonds is 7. The van der Waals surface area contributed by atoms with Crippen LogP contribution in [0, 0.1) is 13.8 Å². The molecule has 5 heteroatoms. The van der Waals surface area contributed by atoms with Gasteiger partial charge in [0, 0.05) is 12.1 Å². The van der Waals surface area contributed by atoms with Gasteiger partial charge in [0.05, 0.1) is 19.3 Å². The molecule has 0 unspecified atom stereocenters. The highest BCUT2D eigenvalue weighted by molar-refractivity contribution is 5.95. The van der Waals surface area contributed by atoms with E-state index >= 15 is 0 Å². The average molecular weight is 341 g/mol. The zero-order valence-corrected chi connectivity index (χ0v) is 14.8. The lowest BCUT2D eigenvalue weighted by atomic mass is 10.1. The molecule has 5 nitrogen and oxygen atoms in total. The van der Waals surface area contributed by atoms with E-state index in [0.29, 0.717) is 30.7 Å². The molecule has 0 radical (unpaired) electrons. The van der Waals surface area contributed by atoms with Crippen LogP contribution in [0.15, 0.2) is 42.5 Å². The van der Waals surface area contributed by atoms with Crippen LogP contribution in [0.2, 0.25) is 0 Å². The zero-order chi connectivity index (χ0) is 18.2. The molecule has 0 aliphatic carbocycles. The molecule has 0 bridgehead atoms. The molecule has 0 aliphatic heterocycles. The van der Waals surface area contributed by atoms with E-state index in [1.54, 1.807) is 18.2 Å². The third-order valence-electron chi connectivity index (χ3n) is 3.77. The molecule has 132 valence electrons. The average Bonchev–Trinajstić information content (AvgIpc) is 2.61. The maximum Gasteiger partial charge on any atom is 0.337 e. The number of ether oxygens (including phenoxy) is 2. The minimum absolute atomic E-state index is 0.113. The van der Waals surface area contributed by atoms with Crippen molar-refractivity contribution in [1.82, 2.24) is 0 Å². The maximum absolute atomic E-state index is 12.1. The van der Waals surface area contributed by atoms with Gasteiger partial charge in [-0.15, -0.1) is 0 Å². The summed E-state index contributed by atoms with van der Waals surface area (Å²) in [6, 6.07) is 12.9. The van der Waals surface area contributed by atoms with Gasteiger partial charge in [-0.1, -0.05) is 23.8 Å². The summed E-state index contributed by atoms with van der Waals surface area (Å²) in [4.78, 5) is 23.7. The number of aryl methyl sites for hydroxylation is 2. The van der Waals surface area contributed by atoms with E-state index < -0.39 is 5.97 Å². The first-order valence-corrected chi connectivity index (χ1v) is 8.18. The van der Waals surface area contributed by atoms with E-state index in [0.717, 1.165) is 11.3 Å². The third-order valence-corrected chi connectivity index (χ3v) is 3.77. The molecule has 0 aliphatic rings. The highest BCUT2D eigenvalue weighted by Crippen LogP contribution is 2.18. The largest absolute Gasteiger partial charge is 0.494 e. The molecule has 0 fully saturated rings. The quantitative estimate of drug-likeness (QED) is 0.613. The summed E-state index contributed by atoms with van der Waals surface area (Å²) in [7, 11) is 1.33. The Kier molecular flexibility index (Phi) is 6.57. The van der Waals surface area contributed by atoms with E-state index in [1.807, 2.05) is 38.1 Å². The summed E-state index contributed by atoms with van der Waals surface area (Å²) >= 11 is 0. The minimum Gasteiger partial charge on any atom is -0.494 e. The Morgan fingerprint density at radius 2 is 1.76 bits per heavy atom. The summed E-state index contributed by atoms with van der Waals surface area (Å²) in [6.07, 6.45) is 0.948. The lowest BCUT2D eigenvalue weighted by Gasteiger charge is -2.10. The van der Waals surface area contributed by atoms with Crippen molar-refractivity contribution in [3.05, 3.63) is 59.2 Å². The number of amides is 1. The molecule has 0 spiro atoms. The van der Waals surface area contributed by atoms with E-state index in [-0.39, 0.29) is 5.91 Å². The van der Waals surface area contributed by atoms with Crippen molar-refractivity contribution in [2.45, 2.75) is 26.7 Å². The van der Waals surface area contributed by atoms with Crippen LogP contribution < -0.4 is 10.1 Å².